The molecule has 0 aliphatic rings. The lowest BCUT2D eigenvalue weighted by atomic mass is 10.2. The van der Waals surface area contributed by atoms with Crippen LogP contribution in [0, 0.1) is 11.3 Å². The number of ether oxygens (including phenoxy) is 2. The fourth-order valence-corrected chi connectivity index (χ4v) is 1.95. The van der Waals surface area contributed by atoms with Gasteiger partial charge in [0.2, 0.25) is 0 Å². The zero-order chi connectivity index (χ0) is 16.7. The van der Waals surface area contributed by atoms with Gasteiger partial charge in [0, 0.05) is 11.8 Å². The maximum Gasteiger partial charge on any atom is 0.265 e. The number of rotatable bonds is 6. The van der Waals surface area contributed by atoms with E-state index in [0.29, 0.717) is 29.4 Å². The highest BCUT2D eigenvalue weighted by Gasteiger charge is 2.17. The zero-order valence-electron chi connectivity index (χ0n) is 13.1. The van der Waals surface area contributed by atoms with Gasteiger partial charge in [0.15, 0.2) is 17.6 Å². The number of carbonyl (C=O) groups excluding carboxylic acids is 1. The van der Waals surface area contributed by atoms with Crippen LogP contribution in [0.5, 0.6) is 11.5 Å². The van der Waals surface area contributed by atoms with Crippen LogP contribution < -0.4 is 14.8 Å². The summed E-state index contributed by atoms with van der Waals surface area (Å²) in [6, 6.07) is 16.1. The van der Waals surface area contributed by atoms with Crippen LogP contribution in [0.2, 0.25) is 0 Å². The number of anilines is 1. The molecular weight excluding hydrogens is 292 g/mol. The Morgan fingerprint density at radius 2 is 1.96 bits per heavy atom. The summed E-state index contributed by atoms with van der Waals surface area (Å²) in [4.78, 5) is 12.2. The first-order chi connectivity index (χ1) is 11.1. The number of benzene rings is 2. The second kappa shape index (κ2) is 7.85. The molecule has 0 unspecified atom stereocenters. The molecule has 2 aromatic carbocycles. The minimum absolute atomic E-state index is 0.261. The predicted octanol–water partition coefficient (Wildman–Crippen LogP) is 3.36. The average Bonchev–Trinajstić information content (AvgIpc) is 2.57. The third-order valence-electron chi connectivity index (χ3n) is 3.09. The molecule has 118 valence electrons. The maximum atomic E-state index is 12.2. The van der Waals surface area contributed by atoms with Crippen LogP contribution in [-0.4, -0.2) is 18.6 Å². The van der Waals surface area contributed by atoms with Crippen molar-refractivity contribution in [1.82, 2.24) is 0 Å². The second-order valence-electron chi connectivity index (χ2n) is 4.82. The third kappa shape index (κ3) is 4.48. The van der Waals surface area contributed by atoms with Crippen molar-refractivity contribution in [1.29, 1.82) is 5.26 Å². The van der Waals surface area contributed by atoms with Crippen molar-refractivity contribution in [3.8, 4) is 17.6 Å². The summed E-state index contributed by atoms with van der Waals surface area (Å²) in [6.07, 6.45) is -0.706. The molecule has 2 aromatic rings. The van der Waals surface area contributed by atoms with Crippen molar-refractivity contribution in [2.75, 3.05) is 11.9 Å². The molecule has 0 saturated carbocycles. The van der Waals surface area contributed by atoms with E-state index in [0.717, 1.165) is 0 Å². The van der Waals surface area contributed by atoms with Crippen molar-refractivity contribution in [2.45, 2.75) is 20.0 Å². The summed E-state index contributed by atoms with van der Waals surface area (Å²) in [6.45, 7) is 3.94. The van der Waals surface area contributed by atoms with Gasteiger partial charge in [0.25, 0.3) is 5.91 Å². The second-order valence-corrected chi connectivity index (χ2v) is 4.82. The van der Waals surface area contributed by atoms with Gasteiger partial charge in [-0.05, 0) is 38.1 Å². The van der Waals surface area contributed by atoms with Crippen molar-refractivity contribution in [2.24, 2.45) is 0 Å². The highest BCUT2D eigenvalue weighted by Crippen LogP contribution is 2.29. The molecule has 0 bridgehead atoms. The van der Waals surface area contributed by atoms with Crippen LogP contribution in [0.4, 0.5) is 5.69 Å². The lowest BCUT2D eigenvalue weighted by Gasteiger charge is -2.17. The van der Waals surface area contributed by atoms with Gasteiger partial charge in [0.1, 0.15) is 0 Å². The van der Waals surface area contributed by atoms with Gasteiger partial charge in [0.05, 0.1) is 18.2 Å². The van der Waals surface area contributed by atoms with E-state index in [4.69, 9.17) is 14.7 Å². The number of carbonyl (C=O) groups is 1. The average molecular weight is 310 g/mol. The Morgan fingerprint density at radius 3 is 2.61 bits per heavy atom. The molecule has 5 nitrogen and oxygen atoms in total. The Morgan fingerprint density at radius 1 is 1.22 bits per heavy atom. The van der Waals surface area contributed by atoms with E-state index in [1.54, 1.807) is 37.3 Å². The van der Waals surface area contributed by atoms with Gasteiger partial charge in [-0.1, -0.05) is 18.2 Å². The Kier molecular flexibility index (Phi) is 5.59. The van der Waals surface area contributed by atoms with Gasteiger partial charge in [-0.15, -0.1) is 0 Å². The van der Waals surface area contributed by atoms with Crippen LogP contribution in [0.15, 0.2) is 48.5 Å². The summed E-state index contributed by atoms with van der Waals surface area (Å²) >= 11 is 0. The quantitative estimate of drug-likeness (QED) is 0.888. The topological polar surface area (TPSA) is 71.3 Å². The first-order valence-corrected chi connectivity index (χ1v) is 7.33. The minimum Gasteiger partial charge on any atom is -0.490 e. The Bertz CT molecular complexity index is 708. The number of para-hydroxylation sites is 1. The first kappa shape index (κ1) is 16.4. The molecule has 0 saturated heterocycles. The Balaban J connectivity index is 2.08. The minimum atomic E-state index is -0.706. The van der Waals surface area contributed by atoms with Crippen LogP contribution in [-0.2, 0) is 4.79 Å². The molecule has 23 heavy (non-hydrogen) atoms. The fraction of sp³-hybridized carbons (Fsp3) is 0.222. The summed E-state index contributed by atoms with van der Waals surface area (Å²) in [5.74, 6) is 0.621. The molecule has 0 radical (unpaired) electrons. The lowest BCUT2D eigenvalue weighted by molar-refractivity contribution is -0.122. The first-order valence-electron chi connectivity index (χ1n) is 7.33. The number of nitrogens with one attached hydrogen (secondary N) is 1. The summed E-state index contributed by atoms with van der Waals surface area (Å²) in [5, 5.41) is 11.7. The Labute approximate surface area is 135 Å². The molecule has 0 aromatic heterocycles. The SMILES string of the molecule is CCOc1cc(C#N)ccc1O[C@H](C)C(=O)Nc1ccccc1. The molecule has 0 heterocycles. The van der Waals surface area contributed by atoms with E-state index in [9.17, 15) is 4.79 Å². The maximum absolute atomic E-state index is 12.2. The smallest absolute Gasteiger partial charge is 0.265 e. The highest BCUT2D eigenvalue weighted by molar-refractivity contribution is 5.94. The summed E-state index contributed by atoms with van der Waals surface area (Å²) < 4.78 is 11.2. The molecule has 1 N–H and O–H groups in total. The van der Waals surface area contributed by atoms with Crippen LogP contribution in [0.3, 0.4) is 0 Å². The van der Waals surface area contributed by atoms with Gasteiger partial charge >= 0.3 is 0 Å². The monoisotopic (exact) mass is 310 g/mol. The van der Waals surface area contributed by atoms with Crippen LogP contribution >= 0.6 is 0 Å². The largest absolute Gasteiger partial charge is 0.490 e. The summed E-state index contributed by atoms with van der Waals surface area (Å²) in [7, 11) is 0. The molecule has 1 amide bonds. The van der Waals surface area contributed by atoms with Crippen LogP contribution in [0.25, 0.3) is 0 Å². The predicted molar refractivity (Wildman–Crippen MR) is 87.5 cm³/mol. The number of nitriles is 1. The third-order valence-corrected chi connectivity index (χ3v) is 3.09. The fourth-order valence-electron chi connectivity index (χ4n) is 1.95. The molecule has 0 fully saturated rings. The standard InChI is InChI=1S/C18H18N2O3/c1-3-22-17-11-14(12-19)9-10-16(17)23-13(2)18(21)20-15-7-5-4-6-8-15/h4-11,13H,3H2,1-2H3,(H,20,21)/t13-/m1/s1. The highest BCUT2D eigenvalue weighted by atomic mass is 16.5. The normalized spacial score (nSPS) is 11.2. The lowest BCUT2D eigenvalue weighted by Crippen LogP contribution is -2.30. The number of hydrogen-bond donors (Lipinski definition) is 1. The van der Waals surface area contributed by atoms with Crippen molar-refractivity contribution in [3.05, 3.63) is 54.1 Å². The van der Waals surface area contributed by atoms with Gasteiger partial charge in [-0.25, -0.2) is 0 Å². The number of hydrogen-bond acceptors (Lipinski definition) is 4. The molecule has 0 aliphatic carbocycles. The Hall–Kier alpha value is -3.00. The summed E-state index contributed by atoms with van der Waals surface area (Å²) in [5.41, 5.74) is 1.18. The number of amides is 1. The van der Waals surface area contributed by atoms with E-state index in [1.165, 1.54) is 0 Å². The van der Waals surface area contributed by atoms with Crippen molar-refractivity contribution >= 4 is 11.6 Å². The van der Waals surface area contributed by atoms with E-state index >= 15 is 0 Å². The van der Waals surface area contributed by atoms with Gasteiger partial charge < -0.3 is 14.8 Å². The molecule has 0 spiro atoms. The van der Waals surface area contributed by atoms with Crippen molar-refractivity contribution < 1.29 is 14.3 Å². The van der Waals surface area contributed by atoms with E-state index in [2.05, 4.69) is 5.32 Å². The van der Waals surface area contributed by atoms with Gasteiger partial charge in [-0.3, -0.25) is 4.79 Å². The van der Waals surface area contributed by atoms with Crippen LogP contribution in [0.1, 0.15) is 19.4 Å². The molecule has 2 rings (SSSR count). The van der Waals surface area contributed by atoms with E-state index in [1.807, 2.05) is 31.2 Å². The number of nitrogens with zero attached hydrogens (tertiary/aromatic N) is 1. The molecule has 1 atom stereocenters. The van der Waals surface area contributed by atoms with Crippen molar-refractivity contribution in [3.63, 3.8) is 0 Å². The van der Waals surface area contributed by atoms with E-state index in [-0.39, 0.29) is 5.91 Å². The molecular formula is C18H18N2O3. The molecule has 0 aliphatic heterocycles. The van der Waals surface area contributed by atoms with E-state index < -0.39 is 6.10 Å². The molecule has 5 heteroatoms. The zero-order valence-corrected chi connectivity index (χ0v) is 13.1. The van der Waals surface area contributed by atoms with Gasteiger partial charge in [-0.2, -0.15) is 5.26 Å².